The summed E-state index contributed by atoms with van der Waals surface area (Å²) < 4.78 is 0. The van der Waals surface area contributed by atoms with Crippen molar-refractivity contribution in [1.29, 1.82) is 0 Å². The molecule has 2 fully saturated rings. The number of rotatable bonds is 0. The molecule has 2 atom stereocenters. The molecule has 2 rings (SSSR count). The highest BCUT2D eigenvalue weighted by Gasteiger charge is 2.31. The number of hydrogen-bond acceptors (Lipinski definition) is 0. The minimum absolute atomic E-state index is 0.939. The molecule has 0 heteroatoms. The van der Waals surface area contributed by atoms with Crippen molar-refractivity contribution in [2.45, 2.75) is 52.4 Å². The quantitative estimate of drug-likeness (QED) is 0.487. The van der Waals surface area contributed by atoms with E-state index in [1.807, 2.05) is 13.8 Å². The third-order valence-electron chi connectivity index (χ3n) is 3.27. The van der Waals surface area contributed by atoms with Crippen LogP contribution in [-0.4, -0.2) is 0 Å². The number of fused-ring (bicyclic) bond motifs is 1. The zero-order valence-electron chi connectivity index (χ0n) is 9.81. The first-order chi connectivity index (χ1) is 6.61. The Morgan fingerprint density at radius 1 is 1.14 bits per heavy atom. The summed E-state index contributed by atoms with van der Waals surface area (Å²) in [6.45, 7) is 11.6. The van der Waals surface area contributed by atoms with Gasteiger partial charge in [-0.1, -0.05) is 30.6 Å². The van der Waals surface area contributed by atoms with Crippen molar-refractivity contribution in [3.05, 3.63) is 24.3 Å². The second-order valence-corrected chi connectivity index (χ2v) is 5.06. The topological polar surface area (TPSA) is 0 Å². The minimum atomic E-state index is 0.939. The molecule has 0 heterocycles. The lowest BCUT2D eigenvalue weighted by atomic mass is 9.81. The van der Waals surface area contributed by atoms with E-state index in [9.17, 15) is 0 Å². The molecule has 2 aliphatic carbocycles. The lowest BCUT2D eigenvalue weighted by Crippen LogP contribution is -2.13. The number of allylic oxidation sites excluding steroid dienone is 2. The molecule has 2 unspecified atom stereocenters. The molecule has 0 radical (unpaired) electrons. The highest BCUT2D eigenvalue weighted by molar-refractivity contribution is 5.09. The Morgan fingerprint density at radius 2 is 1.71 bits per heavy atom. The average Bonchev–Trinajstić information content (AvgIpc) is 2.48. The van der Waals surface area contributed by atoms with Crippen molar-refractivity contribution >= 4 is 0 Å². The van der Waals surface area contributed by atoms with E-state index in [1.54, 1.807) is 5.57 Å². The Bertz CT molecular complexity index is 208. The fraction of sp³-hybridized carbons (Fsp3) is 0.714. The monoisotopic (exact) mass is 192 g/mol. The molecular formula is C14H24. The molecular weight excluding hydrogens is 168 g/mol. The molecule has 0 bridgehead atoms. The third kappa shape index (κ3) is 3.32. The van der Waals surface area contributed by atoms with Crippen molar-refractivity contribution in [3.63, 3.8) is 0 Å². The van der Waals surface area contributed by atoms with Crippen LogP contribution in [0.25, 0.3) is 0 Å². The predicted octanol–water partition coefficient (Wildman–Crippen LogP) is 4.73. The standard InChI is InChI=1S/C10H16.C4H8/c1-8-6-7-9-4-2-3-5-10(8)9;1-4(2)3/h9-10H,1-7H2;1H2,2-3H3. The highest BCUT2D eigenvalue weighted by atomic mass is 14.4. The van der Waals surface area contributed by atoms with Gasteiger partial charge in [-0.2, -0.15) is 0 Å². The zero-order valence-corrected chi connectivity index (χ0v) is 9.81. The van der Waals surface area contributed by atoms with Gasteiger partial charge in [-0.25, -0.2) is 0 Å². The molecule has 0 aromatic rings. The summed E-state index contributed by atoms with van der Waals surface area (Å²) in [6, 6.07) is 0. The van der Waals surface area contributed by atoms with Crippen LogP contribution in [0.3, 0.4) is 0 Å². The molecule has 14 heavy (non-hydrogen) atoms. The second-order valence-electron chi connectivity index (χ2n) is 5.06. The molecule has 0 spiro atoms. The van der Waals surface area contributed by atoms with Gasteiger partial charge in [0.15, 0.2) is 0 Å². The molecule has 2 aliphatic rings. The normalized spacial score (nSPS) is 30.3. The van der Waals surface area contributed by atoms with Crippen LogP contribution < -0.4 is 0 Å². The summed E-state index contributed by atoms with van der Waals surface area (Å²) in [7, 11) is 0. The maximum Gasteiger partial charge on any atom is -0.0177 e. The zero-order chi connectivity index (χ0) is 10.6. The summed E-state index contributed by atoms with van der Waals surface area (Å²) in [6.07, 6.45) is 8.65. The Morgan fingerprint density at radius 3 is 2.29 bits per heavy atom. The Kier molecular flexibility index (Phi) is 4.44. The van der Waals surface area contributed by atoms with Gasteiger partial charge in [0.05, 0.1) is 0 Å². The van der Waals surface area contributed by atoms with E-state index in [2.05, 4.69) is 13.2 Å². The lowest BCUT2D eigenvalue weighted by molar-refractivity contribution is 0.303. The second kappa shape index (κ2) is 5.38. The van der Waals surface area contributed by atoms with Gasteiger partial charge in [-0.15, -0.1) is 6.58 Å². The molecule has 0 aliphatic heterocycles. The summed E-state index contributed by atoms with van der Waals surface area (Å²) in [4.78, 5) is 0. The van der Waals surface area contributed by atoms with Crippen LogP contribution in [0.15, 0.2) is 24.3 Å². The minimum Gasteiger partial charge on any atom is -0.100 e. The number of hydrogen-bond donors (Lipinski definition) is 0. The highest BCUT2D eigenvalue weighted by Crippen LogP contribution is 2.44. The molecule has 0 amide bonds. The molecule has 0 N–H and O–H groups in total. The van der Waals surface area contributed by atoms with Crippen LogP contribution in [0.2, 0.25) is 0 Å². The van der Waals surface area contributed by atoms with Crippen LogP contribution in [-0.2, 0) is 0 Å². The van der Waals surface area contributed by atoms with Crippen LogP contribution in [0, 0.1) is 11.8 Å². The van der Waals surface area contributed by atoms with Gasteiger partial charge in [0.25, 0.3) is 0 Å². The molecule has 0 aromatic carbocycles. The largest absolute Gasteiger partial charge is 0.100 e. The molecule has 0 nitrogen and oxygen atoms in total. The molecule has 80 valence electrons. The van der Waals surface area contributed by atoms with E-state index in [-0.39, 0.29) is 0 Å². The van der Waals surface area contributed by atoms with E-state index in [0.717, 1.165) is 11.8 Å². The van der Waals surface area contributed by atoms with Crippen molar-refractivity contribution in [2.24, 2.45) is 11.8 Å². The summed E-state index contributed by atoms with van der Waals surface area (Å²) in [5.74, 6) is 1.98. The van der Waals surface area contributed by atoms with Gasteiger partial charge in [0.1, 0.15) is 0 Å². The summed E-state index contributed by atoms with van der Waals surface area (Å²) in [5, 5.41) is 0. The fourth-order valence-electron chi connectivity index (χ4n) is 2.65. The van der Waals surface area contributed by atoms with Gasteiger partial charge in [-0.05, 0) is 51.4 Å². The van der Waals surface area contributed by atoms with Crippen molar-refractivity contribution in [1.82, 2.24) is 0 Å². The third-order valence-corrected chi connectivity index (χ3v) is 3.27. The van der Waals surface area contributed by atoms with Gasteiger partial charge < -0.3 is 0 Å². The van der Waals surface area contributed by atoms with Gasteiger partial charge in [0, 0.05) is 0 Å². The van der Waals surface area contributed by atoms with Crippen molar-refractivity contribution < 1.29 is 0 Å². The van der Waals surface area contributed by atoms with Crippen molar-refractivity contribution in [3.8, 4) is 0 Å². The SMILES string of the molecule is C=C(C)C.C=C1CCC2CCCCC12. The van der Waals surface area contributed by atoms with E-state index in [4.69, 9.17) is 0 Å². The fourth-order valence-corrected chi connectivity index (χ4v) is 2.65. The van der Waals surface area contributed by atoms with E-state index in [0.29, 0.717) is 0 Å². The van der Waals surface area contributed by atoms with E-state index in [1.165, 1.54) is 44.1 Å². The Balaban J connectivity index is 0.000000213. The van der Waals surface area contributed by atoms with Crippen LogP contribution in [0.4, 0.5) is 0 Å². The van der Waals surface area contributed by atoms with Crippen molar-refractivity contribution in [2.75, 3.05) is 0 Å². The predicted molar refractivity (Wildman–Crippen MR) is 64.3 cm³/mol. The first kappa shape index (κ1) is 11.6. The Labute approximate surface area is 89.1 Å². The van der Waals surface area contributed by atoms with E-state index >= 15 is 0 Å². The van der Waals surface area contributed by atoms with Crippen LogP contribution in [0.1, 0.15) is 52.4 Å². The summed E-state index contributed by atoms with van der Waals surface area (Å²) >= 11 is 0. The van der Waals surface area contributed by atoms with Crippen LogP contribution >= 0.6 is 0 Å². The smallest absolute Gasteiger partial charge is 0.0177 e. The molecule has 0 saturated heterocycles. The lowest BCUT2D eigenvalue weighted by Gasteiger charge is -2.25. The first-order valence-electron chi connectivity index (χ1n) is 5.91. The van der Waals surface area contributed by atoms with Crippen LogP contribution in [0.5, 0.6) is 0 Å². The molecule has 0 aromatic heterocycles. The maximum absolute atomic E-state index is 4.14. The summed E-state index contributed by atoms with van der Waals surface area (Å²) in [5.41, 5.74) is 2.73. The Hall–Kier alpha value is -0.520. The van der Waals surface area contributed by atoms with Gasteiger partial charge in [0.2, 0.25) is 0 Å². The molecule has 2 saturated carbocycles. The van der Waals surface area contributed by atoms with E-state index < -0.39 is 0 Å². The van der Waals surface area contributed by atoms with Gasteiger partial charge in [-0.3, -0.25) is 0 Å². The average molecular weight is 192 g/mol. The maximum atomic E-state index is 4.14. The van der Waals surface area contributed by atoms with Gasteiger partial charge >= 0.3 is 0 Å². The first-order valence-corrected chi connectivity index (χ1v) is 5.91.